The van der Waals surface area contributed by atoms with Crippen LogP contribution in [0.4, 0.5) is 0 Å². The fourth-order valence-corrected chi connectivity index (χ4v) is 7.79. The van der Waals surface area contributed by atoms with Crippen LogP contribution in [0.3, 0.4) is 0 Å². The summed E-state index contributed by atoms with van der Waals surface area (Å²) in [7, 11) is 0. The van der Waals surface area contributed by atoms with Crippen LogP contribution in [-0.4, -0.2) is 33.5 Å². The number of aromatic nitrogens is 7. The molecule has 0 atom stereocenters. The molecule has 4 heterocycles. The van der Waals surface area contributed by atoms with Crippen molar-refractivity contribution in [1.82, 2.24) is 33.5 Å². The van der Waals surface area contributed by atoms with Gasteiger partial charge in [-0.05, 0) is 59.7 Å². The molecule has 11 rings (SSSR count). The van der Waals surface area contributed by atoms with Gasteiger partial charge in [0.2, 0.25) is 5.78 Å². The molecule has 0 aliphatic carbocycles. The standard InChI is InChI=1S/C48H31N7/c1-4-16-32(17-5-1)44-50-45(33-18-6-2-7-19-33)52-46(51-44)36-22-14-20-34(30-36)35-21-15-25-38(31-35)54-43-39-26-10-12-28-41(39)53(37-23-8-3-9-24-37)47(43)55-42-29-13-11-27-40(42)49-48(54)55/h1-31H. The molecule has 7 nitrogen and oxygen atoms in total. The van der Waals surface area contributed by atoms with E-state index in [9.17, 15) is 0 Å². The smallest absolute Gasteiger partial charge is 0.221 e. The maximum Gasteiger partial charge on any atom is 0.221 e. The quantitative estimate of drug-likeness (QED) is 0.173. The van der Waals surface area contributed by atoms with Crippen LogP contribution in [0.5, 0.6) is 0 Å². The molecule has 0 fully saturated rings. The number of imidazole rings is 2. The molecule has 7 heteroatoms. The molecule has 0 aliphatic rings. The second-order valence-corrected chi connectivity index (χ2v) is 13.6. The first-order valence-electron chi connectivity index (χ1n) is 18.3. The Morgan fingerprint density at radius 3 is 1.56 bits per heavy atom. The second kappa shape index (κ2) is 12.5. The van der Waals surface area contributed by atoms with Gasteiger partial charge in [0.15, 0.2) is 23.1 Å². The van der Waals surface area contributed by atoms with Gasteiger partial charge in [0, 0.05) is 33.5 Å². The Labute approximate surface area is 316 Å². The first-order valence-corrected chi connectivity index (χ1v) is 18.3. The Balaban J connectivity index is 1.11. The summed E-state index contributed by atoms with van der Waals surface area (Å²) in [5, 5.41) is 1.15. The summed E-state index contributed by atoms with van der Waals surface area (Å²) in [6.45, 7) is 0. The van der Waals surface area contributed by atoms with Gasteiger partial charge < -0.3 is 0 Å². The van der Waals surface area contributed by atoms with Gasteiger partial charge in [-0.25, -0.2) is 19.9 Å². The van der Waals surface area contributed by atoms with Gasteiger partial charge in [-0.3, -0.25) is 13.5 Å². The Bertz CT molecular complexity index is 3140. The fourth-order valence-electron chi connectivity index (χ4n) is 7.79. The lowest BCUT2D eigenvalue weighted by Crippen LogP contribution is -2.00. The number of nitrogens with zero attached hydrogens (tertiary/aromatic N) is 7. The molecule has 0 spiro atoms. The van der Waals surface area contributed by atoms with Crippen molar-refractivity contribution in [1.29, 1.82) is 0 Å². The molecule has 4 aromatic heterocycles. The zero-order valence-corrected chi connectivity index (χ0v) is 29.5. The predicted molar refractivity (Wildman–Crippen MR) is 221 cm³/mol. The van der Waals surface area contributed by atoms with Crippen molar-refractivity contribution >= 4 is 38.9 Å². The summed E-state index contributed by atoms with van der Waals surface area (Å²) in [5.41, 5.74) is 12.4. The highest BCUT2D eigenvalue weighted by molar-refractivity contribution is 6.10. The van der Waals surface area contributed by atoms with Gasteiger partial charge >= 0.3 is 0 Å². The Kier molecular flexibility index (Phi) is 7.03. The van der Waals surface area contributed by atoms with Crippen LogP contribution < -0.4 is 0 Å². The summed E-state index contributed by atoms with van der Waals surface area (Å²) in [6, 6.07) is 64.9. The van der Waals surface area contributed by atoms with Gasteiger partial charge in [-0.2, -0.15) is 0 Å². The largest absolute Gasteiger partial charge is 0.294 e. The topological polar surface area (TPSA) is 65.8 Å². The summed E-state index contributed by atoms with van der Waals surface area (Å²) >= 11 is 0. The van der Waals surface area contributed by atoms with Crippen LogP contribution in [0.25, 0.3) is 95.5 Å². The summed E-state index contributed by atoms with van der Waals surface area (Å²) in [4.78, 5) is 20.1. The van der Waals surface area contributed by atoms with E-state index in [1.54, 1.807) is 0 Å². The molecular weight excluding hydrogens is 675 g/mol. The Morgan fingerprint density at radius 1 is 0.345 bits per heavy atom. The maximum atomic E-state index is 5.26. The number of benzene rings is 7. The summed E-state index contributed by atoms with van der Waals surface area (Å²) < 4.78 is 6.98. The normalized spacial score (nSPS) is 11.6. The van der Waals surface area contributed by atoms with Crippen molar-refractivity contribution in [3.8, 4) is 56.7 Å². The minimum atomic E-state index is 0.623. The molecule has 55 heavy (non-hydrogen) atoms. The molecule has 0 saturated carbocycles. The summed E-state index contributed by atoms with van der Waals surface area (Å²) in [6.07, 6.45) is 0. The average molecular weight is 706 g/mol. The first-order chi connectivity index (χ1) is 27.3. The van der Waals surface area contributed by atoms with Crippen molar-refractivity contribution in [3.63, 3.8) is 0 Å². The lowest BCUT2D eigenvalue weighted by molar-refractivity contribution is 1.07. The molecular formula is C48H31N7. The number of hydrogen-bond donors (Lipinski definition) is 0. The minimum absolute atomic E-state index is 0.623. The van der Waals surface area contributed by atoms with Crippen molar-refractivity contribution in [3.05, 3.63) is 188 Å². The second-order valence-electron chi connectivity index (χ2n) is 13.6. The molecule has 0 radical (unpaired) electrons. The Morgan fingerprint density at radius 2 is 0.855 bits per heavy atom. The fraction of sp³-hybridized carbons (Fsp3) is 0. The predicted octanol–water partition coefficient (Wildman–Crippen LogP) is 11.2. The van der Waals surface area contributed by atoms with E-state index in [-0.39, 0.29) is 0 Å². The highest BCUT2D eigenvalue weighted by Gasteiger charge is 2.25. The van der Waals surface area contributed by atoms with Crippen LogP contribution in [0.1, 0.15) is 0 Å². The third-order valence-corrected chi connectivity index (χ3v) is 10.3. The lowest BCUT2D eigenvalue weighted by Gasteiger charge is -2.11. The van der Waals surface area contributed by atoms with Gasteiger partial charge in [0.05, 0.1) is 16.6 Å². The molecule has 0 unspecified atom stereocenters. The van der Waals surface area contributed by atoms with E-state index < -0.39 is 0 Å². The third kappa shape index (κ3) is 5.05. The van der Waals surface area contributed by atoms with E-state index in [1.807, 2.05) is 60.7 Å². The highest BCUT2D eigenvalue weighted by atomic mass is 15.3. The zero-order chi connectivity index (χ0) is 36.3. The van der Waals surface area contributed by atoms with E-state index in [0.29, 0.717) is 17.5 Å². The van der Waals surface area contributed by atoms with Crippen LogP contribution in [0, 0.1) is 0 Å². The van der Waals surface area contributed by atoms with Crippen molar-refractivity contribution in [2.45, 2.75) is 0 Å². The van der Waals surface area contributed by atoms with Crippen LogP contribution in [0.15, 0.2) is 188 Å². The number of fused-ring (bicyclic) bond motifs is 7. The van der Waals surface area contributed by atoms with Gasteiger partial charge in [0.1, 0.15) is 5.52 Å². The lowest BCUT2D eigenvalue weighted by atomic mass is 10.0. The first kappa shape index (κ1) is 30.9. The zero-order valence-electron chi connectivity index (χ0n) is 29.5. The molecule has 7 aromatic carbocycles. The van der Waals surface area contributed by atoms with E-state index in [1.165, 1.54) is 0 Å². The number of para-hydroxylation sites is 4. The molecule has 0 N–H and O–H groups in total. The number of hydrogen-bond acceptors (Lipinski definition) is 4. The molecule has 0 amide bonds. The van der Waals surface area contributed by atoms with Gasteiger partial charge in [-0.1, -0.05) is 140 Å². The van der Waals surface area contributed by atoms with E-state index in [0.717, 1.165) is 78.1 Å². The van der Waals surface area contributed by atoms with Crippen molar-refractivity contribution in [2.75, 3.05) is 0 Å². The molecule has 0 bridgehead atoms. The van der Waals surface area contributed by atoms with Crippen molar-refractivity contribution in [2.24, 2.45) is 0 Å². The molecule has 11 aromatic rings. The van der Waals surface area contributed by atoms with Crippen molar-refractivity contribution < 1.29 is 0 Å². The Hall–Kier alpha value is -7.64. The minimum Gasteiger partial charge on any atom is -0.294 e. The molecule has 0 saturated heterocycles. The maximum absolute atomic E-state index is 5.26. The van der Waals surface area contributed by atoms with E-state index in [2.05, 4.69) is 141 Å². The van der Waals surface area contributed by atoms with Crippen LogP contribution in [-0.2, 0) is 0 Å². The monoisotopic (exact) mass is 705 g/mol. The SMILES string of the molecule is c1ccc(-c2nc(-c3ccccc3)nc(-c3cccc(-c4cccc(-n5c6c7ccccc7n(-c7ccccc7)c6n6c7ccccc7nc56)c4)c3)n2)cc1. The van der Waals surface area contributed by atoms with E-state index >= 15 is 0 Å². The molecule has 258 valence electrons. The van der Waals surface area contributed by atoms with Crippen LogP contribution in [0.2, 0.25) is 0 Å². The third-order valence-electron chi connectivity index (χ3n) is 10.3. The highest BCUT2D eigenvalue weighted by Crippen LogP contribution is 2.39. The van der Waals surface area contributed by atoms with Gasteiger partial charge in [-0.15, -0.1) is 0 Å². The molecule has 0 aliphatic heterocycles. The van der Waals surface area contributed by atoms with Gasteiger partial charge in [0.25, 0.3) is 0 Å². The summed E-state index contributed by atoms with van der Waals surface area (Å²) in [5.74, 6) is 2.76. The van der Waals surface area contributed by atoms with E-state index in [4.69, 9.17) is 19.9 Å². The van der Waals surface area contributed by atoms with Crippen LogP contribution >= 0.6 is 0 Å². The number of rotatable bonds is 6. The average Bonchev–Trinajstić information content (AvgIpc) is 3.91.